The van der Waals surface area contributed by atoms with Gasteiger partial charge in [-0.3, -0.25) is 20.2 Å². The summed E-state index contributed by atoms with van der Waals surface area (Å²) < 4.78 is 0. The minimum absolute atomic E-state index is 0.158. The molecule has 3 aromatic rings. The summed E-state index contributed by atoms with van der Waals surface area (Å²) >= 11 is 0. The van der Waals surface area contributed by atoms with Gasteiger partial charge in [-0.25, -0.2) is 0 Å². The molecule has 9 heteroatoms. The highest BCUT2D eigenvalue weighted by molar-refractivity contribution is 5.81. The van der Waals surface area contributed by atoms with E-state index in [-0.39, 0.29) is 28.6 Å². The van der Waals surface area contributed by atoms with Crippen LogP contribution in [0.4, 0.5) is 17.1 Å². The second kappa shape index (κ2) is 10.6. The number of phenolic OH excluding ortho intramolecular Hbond substituents is 2. The number of rotatable bonds is 9. The van der Waals surface area contributed by atoms with Crippen LogP contribution in [0.2, 0.25) is 0 Å². The molecule has 0 aliphatic rings. The Balaban J connectivity index is 1.70. The van der Waals surface area contributed by atoms with Gasteiger partial charge in [-0.1, -0.05) is 42.5 Å². The van der Waals surface area contributed by atoms with Crippen molar-refractivity contribution in [3.8, 4) is 11.5 Å². The zero-order valence-electron chi connectivity index (χ0n) is 17.4. The topological polar surface area (TPSA) is 139 Å². The van der Waals surface area contributed by atoms with Crippen molar-refractivity contribution < 1.29 is 20.1 Å². The Labute approximate surface area is 189 Å². The first-order chi connectivity index (χ1) is 15.8. The van der Waals surface area contributed by atoms with Gasteiger partial charge in [0.1, 0.15) is 17.2 Å². The van der Waals surface area contributed by atoms with Gasteiger partial charge in [0.25, 0.3) is 11.4 Å². The fourth-order valence-corrected chi connectivity index (χ4v) is 3.13. The first-order valence-electron chi connectivity index (χ1n) is 9.97. The molecule has 0 aliphatic heterocycles. The maximum atomic E-state index is 11.2. The van der Waals surface area contributed by atoms with E-state index in [0.717, 1.165) is 22.8 Å². The smallest absolute Gasteiger partial charge is 0.299 e. The van der Waals surface area contributed by atoms with Crippen LogP contribution in [0.25, 0.3) is 5.57 Å². The summed E-state index contributed by atoms with van der Waals surface area (Å²) in [5.74, 6) is 0.316. The SMILES string of the molecule is O=[N+]([O-])c1ccc(NCC/C=C/C=C(c2ccc(O)cc2)c2ccc(O)cc2)c([N+](=O)[O-])c1. The van der Waals surface area contributed by atoms with Gasteiger partial charge in [-0.05, 0) is 53.5 Å². The highest BCUT2D eigenvalue weighted by atomic mass is 16.6. The van der Waals surface area contributed by atoms with E-state index in [1.807, 2.05) is 18.2 Å². The van der Waals surface area contributed by atoms with Gasteiger partial charge in [-0.2, -0.15) is 0 Å². The van der Waals surface area contributed by atoms with Gasteiger partial charge in [0.05, 0.1) is 15.9 Å². The second-order valence-electron chi connectivity index (χ2n) is 7.03. The van der Waals surface area contributed by atoms with Crippen LogP contribution >= 0.6 is 0 Å². The van der Waals surface area contributed by atoms with Crippen LogP contribution in [0.5, 0.6) is 11.5 Å². The van der Waals surface area contributed by atoms with Crippen molar-refractivity contribution in [3.63, 3.8) is 0 Å². The van der Waals surface area contributed by atoms with E-state index in [2.05, 4.69) is 5.32 Å². The standard InChI is InChI=1S/C24H21N3O6/c28-20-10-5-17(6-11-20)22(18-7-12-21(29)13-8-18)4-2-1-3-15-25-23-14-9-19(26(30)31)16-24(23)27(32)33/h1-2,4-14,16,25,28-29H,3,15H2/b2-1+. The van der Waals surface area contributed by atoms with Crippen molar-refractivity contribution in [2.45, 2.75) is 6.42 Å². The number of hydrogen-bond acceptors (Lipinski definition) is 7. The molecular formula is C24H21N3O6. The van der Waals surface area contributed by atoms with Crippen LogP contribution in [0, 0.1) is 20.2 Å². The van der Waals surface area contributed by atoms with E-state index in [4.69, 9.17) is 0 Å². The molecule has 0 heterocycles. The van der Waals surface area contributed by atoms with Crippen molar-refractivity contribution in [1.82, 2.24) is 0 Å². The number of benzene rings is 3. The molecule has 0 atom stereocenters. The Hall–Kier alpha value is -4.66. The van der Waals surface area contributed by atoms with Gasteiger partial charge in [0.15, 0.2) is 0 Å². The zero-order chi connectivity index (χ0) is 23.8. The van der Waals surface area contributed by atoms with E-state index in [0.29, 0.717) is 13.0 Å². The number of hydrogen-bond donors (Lipinski definition) is 3. The lowest BCUT2D eigenvalue weighted by atomic mass is 9.97. The molecule has 0 spiro atoms. The van der Waals surface area contributed by atoms with Crippen molar-refractivity contribution in [1.29, 1.82) is 0 Å². The predicted octanol–water partition coefficient (Wildman–Crippen LogP) is 5.40. The monoisotopic (exact) mass is 447 g/mol. The molecule has 0 saturated carbocycles. The van der Waals surface area contributed by atoms with Crippen LogP contribution in [-0.4, -0.2) is 26.6 Å². The van der Waals surface area contributed by atoms with Gasteiger partial charge in [0, 0.05) is 12.6 Å². The predicted molar refractivity (Wildman–Crippen MR) is 125 cm³/mol. The maximum absolute atomic E-state index is 11.2. The fraction of sp³-hybridized carbons (Fsp3) is 0.0833. The summed E-state index contributed by atoms with van der Waals surface area (Å²) in [5, 5.41) is 44.1. The lowest BCUT2D eigenvalue weighted by molar-refractivity contribution is -0.393. The number of aromatic hydroxyl groups is 2. The van der Waals surface area contributed by atoms with E-state index >= 15 is 0 Å². The number of allylic oxidation sites excluding steroid dienone is 2. The minimum atomic E-state index is -0.675. The Bertz CT molecular complexity index is 1150. The molecule has 0 bridgehead atoms. The third-order valence-electron chi connectivity index (χ3n) is 4.77. The van der Waals surface area contributed by atoms with Crippen LogP contribution in [-0.2, 0) is 0 Å². The lowest BCUT2D eigenvalue weighted by Gasteiger charge is -2.08. The lowest BCUT2D eigenvalue weighted by Crippen LogP contribution is -2.04. The quantitative estimate of drug-likeness (QED) is 0.173. The molecule has 168 valence electrons. The molecule has 0 radical (unpaired) electrons. The molecule has 0 aliphatic carbocycles. The molecule has 3 N–H and O–H groups in total. The molecule has 0 amide bonds. The van der Waals surface area contributed by atoms with Crippen LogP contribution < -0.4 is 5.32 Å². The number of non-ortho nitro benzene ring substituents is 1. The van der Waals surface area contributed by atoms with Gasteiger partial charge >= 0.3 is 0 Å². The highest BCUT2D eigenvalue weighted by Crippen LogP contribution is 2.29. The summed E-state index contributed by atoms with van der Waals surface area (Å²) in [5.41, 5.74) is 2.16. The number of anilines is 1. The number of nitrogens with zero attached hydrogens (tertiary/aromatic N) is 2. The highest BCUT2D eigenvalue weighted by Gasteiger charge is 2.18. The molecule has 0 saturated heterocycles. The molecule has 0 aromatic heterocycles. The van der Waals surface area contributed by atoms with Crippen LogP contribution in [0.1, 0.15) is 17.5 Å². The van der Waals surface area contributed by atoms with Crippen molar-refractivity contribution in [3.05, 3.63) is 116 Å². The van der Waals surface area contributed by atoms with Gasteiger partial charge in [0.2, 0.25) is 0 Å². The Morgan fingerprint density at radius 2 is 1.42 bits per heavy atom. The van der Waals surface area contributed by atoms with Gasteiger partial charge in [-0.15, -0.1) is 0 Å². The van der Waals surface area contributed by atoms with Crippen LogP contribution in [0.3, 0.4) is 0 Å². The largest absolute Gasteiger partial charge is 0.508 e. The minimum Gasteiger partial charge on any atom is -0.508 e. The average Bonchev–Trinajstić information content (AvgIpc) is 2.80. The molecule has 0 unspecified atom stereocenters. The van der Waals surface area contributed by atoms with E-state index in [9.17, 15) is 30.4 Å². The number of nitro benzene ring substituents is 2. The van der Waals surface area contributed by atoms with Crippen molar-refractivity contribution >= 4 is 22.6 Å². The summed E-state index contributed by atoms with van der Waals surface area (Å²) in [4.78, 5) is 20.7. The Kier molecular flexibility index (Phi) is 7.38. The normalized spacial score (nSPS) is 10.7. The third-order valence-corrected chi connectivity index (χ3v) is 4.77. The summed E-state index contributed by atoms with van der Waals surface area (Å²) in [7, 11) is 0. The molecular weight excluding hydrogens is 426 g/mol. The van der Waals surface area contributed by atoms with Crippen molar-refractivity contribution in [2.24, 2.45) is 0 Å². The molecule has 3 aromatic carbocycles. The number of phenols is 2. The fourth-order valence-electron chi connectivity index (χ4n) is 3.13. The Morgan fingerprint density at radius 1 is 0.848 bits per heavy atom. The summed E-state index contributed by atoms with van der Waals surface area (Å²) in [6, 6.07) is 17.0. The first-order valence-corrected chi connectivity index (χ1v) is 9.97. The molecule has 3 rings (SSSR count). The number of nitro groups is 2. The second-order valence-corrected chi connectivity index (χ2v) is 7.03. The van der Waals surface area contributed by atoms with Crippen LogP contribution in [0.15, 0.2) is 85.0 Å². The van der Waals surface area contributed by atoms with E-state index < -0.39 is 9.85 Å². The first kappa shape index (κ1) is 23.0. The number of nitrogens with one attached hydrogen (secondary N) is 1. The van der Waals surface area contributed by atoms with Crippen molar-refractivity contribution in [2.75, 3.05) is 11.9 Å². The average molecular weight is 447 g/mol. The van der Waals surface area contributed by atoms with E-state index in [1.165, 1.54) is 12.1 Å². The van der Waals surface area contributed by atoms with Gasteiger partial charge < -0.3 is 15.5 Å². The molecule has 0 fully saturated rings. The summed E-state index contributed by atoms with van der Waals surface area (Å²) in [6.07, 6.45) is 6.17. The Morgan fingerprint density at radius 3 is 1.94 bits per heavy atom. The molecule has 33 heavy (non-hydrogen) atoms. The van der Waals surface area contributed by atoms with E-state index in [1.54, 1.807) is 48.5 Å². The summed E-state index contributed by atoms with van der Waals surface area (Å²) in [6.45, 7) is 0.386. The zero-order valence-corrected chi connectivity index (χ0v) is 17.4. The molecule has 9 nitrogen and oxygen atoms in total. The maximum Gasteiger partial charge on any atom is 0.299 e. The third kappa shape index (κ3) is 6.17.